The molecule has 0 aliphatic rings. The molecular weight excluding hydrogens is 274 g/mol. The molecule has 0 aliphatic heterocycles. The molecule has 20 heavy (non-hydrogen) atoms. The topological polar surface area (TPSA) is 46.9 Å². The summed E-state index contributed by atoms with van der Waals surface area (Å²) in [6.45, 7) is 8.13. The number of nitrogens with one attached hydrogen (secondary N) is 1. The van der Waals surface area contributed by atoms with Gasteiger partial charge in [0.15, 0.2) is 0 Å². The lowest BCUT2D eigenvalue weighted by atomic mass is 10.1. The lowest BCUT2D eigenvalue weighted by Gasteiger charge is -2.12. The normalized spacial score (nSPS) is 12.9. The highest BCUT2D eigenvalue weighted by molar-refractivity contribution is 6.29. The smallest absolute Gasteiger partial charge is 0.251 e. The highest BCUT2D eigenvalue weighted by Crippen LogP contribution is 2.25. The van der Waals surface area contributed by atoms with Crippen molar-refractivity contribution >= 4 is 28.5 Å². The summed E-state index contributed by atoms with van der Waals surface area (Å²) in [6.07, 6.45) is 0.905. The number of aromatic nitrogens is 2. The molecular formula is C15H20ClN3O. The SMILES string of the molecule is CCC(C)NC(=O)c1ccc2c(c1)nc(Cl)n2C(C)C. The molecule has 1 heterocycles. The van der Waals surface area contributed by atoms with Crippen molar-refractivity contribution < 1.29 is 4.79 Å². The molecule has 108 valence electrons. The molecule has 1 amide bonds. The molecule has 2 rings (SSSR count). The first kappa shape index (κ1) is 14.9. The van der Waals surface area contributed by atoms with Gasteiger partial charge in [0.2, 0.25) is 5.28 Å². The fourth-order valence-corrected chi connectivity index (χ4v) is 2.49. The summed E-state index contributed by atoms with van der Waals surface area (Å²) in [6, 6.07) is 5.90. The fourth-order valence-electron chi connectivity index (χ4n) is 2.11. The van der Waals surface area contributed by atoms with Crippen molar-refractivity contribution in [2.75, 3.05) is 0 Å². The van der Waals surface area contributed by atoms with Crippen molar-refractivity contribution in [2.45, 2.75) is 46.2 Å². The number of hydrogen-bond donors (Lipinski definition) is 1. The van der Waals surface area contributed by atoms with Crippen molar-refractivity contribution in [2.24, 2.45) is 0 Å². The van der Waals surface area contributed by atoms with Crippen molar-refractivity contribution in [1.82, 2.24) is 14.9 Å². The second-order valence-corrected chi connectivity index (χ2v) is 5.67. The lowest BCUT2D eigenvalue weighted by molar-refractivity contribution is 0.0939. The molecule has 1 aromatic heterocycles. The number of rotatable bonds is 4. The van der Waals surface area contributed by atoms with E-state index in [9.17, 15) is 4.79 Å². The van der Waals surface area contributed by atoms with E-state index in [0.717, 1.165) is 17.5 Å². The van der Waals surface area contributed by atoms with E-state index in [4.69, 9.17) is 11.6 Å². The number of carbonyl (C=O) groups is 1. The van der Waals surface area contributed by atoms with E-state index in [2.05, 4.69) is 24.1 Å². The van der Waals surface area contributed by atoms with E-state index in [1.165, 1.54) is 0 Å². The second-order valence-electron chi connectivity index (χ2n) is 5.33. The van der Waals surface area contributed by atoms with E-state index in [1.807, 2.05) is 30.5 Å². The average Bonchev–Trinajstić information content (AvgIpc) is 2.73. The van der Waals surface area contributed by atoms with E-state index in [0.29, 0.717) is 10.8 Å². The van der Waals surface area contributed by atoms with Crippen LogP contribution >= 0.6 is 11.6 Å². The number of nitrogens with zero attached hydrogens (tertiary/aromatic N) is 2. The zero-order valence-electron chi connectivity index (χ0n) is 12.3. The predicted molar refractivity (Wildman–Crippen MR) is 82.3 cm³/mol. The first-order valence-electron chi connectivity index (χ1n) is 6.92. The third-order valence-corrected chi connectivity index (χ3v) is 3.68. The summed E-state index contributed by atoms with van der Waals surface area (Å²) in [4.78, 5) is 16.4. The average molecular weight is 294 g/mol. The Morgan fingerprint density at radius 1 is 1.40 bits per heavy atom. The molecule has 0 saturated heterocycles. The van der Waals surface area contributed by atoms with Crippen LogP contribution in [0.5, 0.6) is 0 Å². The molecule has 4 nitrogen and oxygen atoms in total. The van der Waals surface area contributed by atoms with E-state index in [1.54, 1.807) is 6.07 Å². The number of benzene rings is 1. The summed E-state index contributed by atoms with van der Waals surface area (Å²) in [5, 5.41) is 3.40. The van der Waals surface area contributed by atoms with Gasteiger partial charge in [-0.05, 0) is 57.0 Å². The largest absolute Gasteiger partial charge is 0.350 e. The Morgan fingerprint density at radius 3 is 2.70 bits per heavy atom. The van der Waals surface area contributed by atoms with Gasteiger partial charge in [-0.1, -0.05) is 6.92 Å². The van der Waals surface area contributed by atoms with E-state index < -0.39 is 0 Å². The maximum absolute atomic E-state index is 12.1. The molecule has 2 aromatic rings. The number of carbonyl (C=O) groups excluding carboxylic acids is 1. The first-order chi connectivity index (χ1) is 9.43. The van der Waals surface area contributed by atoms with Crippen LogP contribution in [0.15, 0.2) is 18.2 Å². The number of halogens is 1. The van der Waals surface area contributed by atoms with Gasteiger partial charge >= 0.3 is 0 Å². The summed E-state index contributed by atoms with van der Waals surface area (Å²) in [7, 11) is 0. The van der Waals surface area contributed by atoms with Crippen LogP contribution in [0.1, 0.15) is 50.5 Å². The van der Waals surface area contributed by atoms with E-state index >= 15 is 0 Å². The molecule has 0 radical (unpaired) electrons. The Morgan fingerprint density at radius 2 is 2.10 bits per heavy atom. The van der Waals surface area contributed by atoms with Gasteiger partial charge in [0.05, 0.1) is 11.0 Å². The van der Waals surface area contributed by atoms with Gasteiger partial charge in [-0.25, -0.2) is 4.98 Å². The Labute approximate surface area is 124 Å². The highest BCUT2D eigenvalue weighted by Gasteiger charge is 2.14. The Hall–Kier alpha value is -1.55. The maximum atomic E-state index is 12.1. The molecule has 1 N–H and O–H groups in total. The van der Waals surface area contributed by atoms with Crippen LogP contribution in [-0.4, -0.2) is 21.5 Å². The van der Waals surface area contributed by atoms with Crippen LogP contribution in [-0.2, 0) is 0 Å². The Bertz CT molecular complexity index is 633. The quantitative estimate of drug-likeness (QED) is 0.932. The maximum Gasteiger partial charge on any atom is 0.251 e. The minimum absolute atomic E-state index is 0.0727. The number of hydrogen-bond acceptors (Lipinski definition) is 2. The molecule has 1 unspecified atom stereocenters. The third kappa shape index (κ3) is 2.80. The monoisotopic (exact) mass is 293 g/mol. The second kappa shape index (κ2) is 5.83. The van der Waals surface area contributed by atoms with Crippen molar-refractivity contribution in [3.63, 3.8) is 0 Å². The summed E-state index contributed by atoms with van der Waals surface area (Å²) < 4.78 is 1.95. The third-order valence-electron chi connectivity index (χ3n) is 3.41. The van der Waals surface area contributed by atoms with Crippen LogP contribution < -0.4 is 5.32 Å². The minimum Gasteiger partial charge on any atom is -0.350 e. The summed E-state index contributed by atoms with van der Waals surface area (Å²) in [5.41, 5.74) is 2.31. The molecule has 5 heteroatoms. The van der Waals surface area contributed by atoms with Crippen LogP contribution in [0.3, 0.4) is 0 Å². The number of fused-ring (bicyclic) bond motifs is 1. The summed E-state index contributed by atoms with van der Waals surface area (Å²) in [5.74, 6) is -0.0727. The highest BCUT2D eigenvalue weighted by atomic mass is 35.5. The molecule has 1 aromatic carbocycles. The zero-order chi connectivity index (χ0) is 14.9. The van der Waals surface area contributed by atoms with Crippen molar-refractivity contribution in [3.05, 3.63) is 29.0 Å². The lowest BCUT2D eigenvalue weighted by Crippen LogP contribution is -2.31. The minimum atomic E-state index is -0.0727. The van der Waals surface area contributed by atoms with Crippen LogP contribution in [0.4, 0.5) is 0 Å². The molecule has 0 spiro atoms. The molecule has 0 bridgehead atoms. The van der Waals surface area contributed by atoms with Gasteiger partial charge in [-0.15, -0.1) is 0 Å². The Kier molecular flexibility index (Phi) is 4.33. The van der Waals surface area contributed by atoms with E-state index in [-0.39, 0.29) is 18.0 Å². The predicted octanol–water partition coefficient (Wildman–Crippen LogP) is 3.80. The fraction of sp³-hybridized carbons (Fsp3) is 0.467. The van der Waals surface area contributed by atoms with Crippen molar-refractivity contribution in [3.8, 4) is 0 Å². The van der Waals surface area contributed by atoms with Gasteiger partial charge in [-0.3, -0.25) is 4.79 Å². The van der Waals surface area contributed by atoms with Gasteiger partial charge < -0.3 is 9.88 Å². The van der Waals surface area contributed by atoms with Crippen molar-refractivity contribution in [1.29, 1.82) is 0 Å². The van der Waals surface area contributed by atoms with Gasteiger partial charge in [0.1, 0.15) is 0 Å². The van der Waals surface area contributed by atoms with Crippen LogP contribution in [0.25, 0.3) is 11.0 Å². The zero-order valence-corrected chi connectivity index (χ0v) is 13.0. The standard InChI is InChI=1S/C15H20ClN3O/c1-5-10(4)17-14(20)11-6-7-13-12(8-11)18-15(16)19(13)9(2)3/h6-10H,5H2,1-4H3,(H,17,20). The molecule has 0 aliphatic carbocycles. The molecule has 0 saturated carbocycles. The Balaban J connectivity index is 2.38. The molecule has 0 fully saturated rings. The van der Waals surface area contributed by atoms with Gasteiger partial charge in [0.25, 0.3) is 5.91 Å². The number of amides is 1. The van der Waals surface area contributed by atoms with Gasteiger partial charge in [0, 0.05) is 17.6 Å². The summed E-state index contributed by atoms with van der Waals surface area (Å²) >= 11 is 6.15. The van der Waals surface area contributed by atoms with Crippen LogP contribution in [0, 0.1) is 0 Å². The van der Waals surface area contributed by atoms with Crippen LogP contribution in [0.2, 0.25) is 5.28 Å². The number of imidazole rings is 1. The van der Waals surface area contributed by atoms with Gasteiger partial charge in [-0.2, -0.15) is 0 Å². The molecule has 1 atom stereocenters. The first-order valence-corrected chi connectivity index (χ1v) is 7.30.